The molecule has 0 aromatic carbocycles. The van der Waals surface area contributed by atoms with E-state index in [4.69, 9.17) is 11.0 Å². The standard InChI is InChI=1S/C17H25N7O3/c1-5-20-14-11(3)15(22-16(26)21-14)23(4)13-10(2)7-9-24(17(13,19)27)12(25)6-8-18/h5,10,13,27H,6-7,9,19H2,1-4H3,(H,21,22,26). The van der Waals surface area contributed by atoms with Crippen LogP contribution in [0.2, 0.25) is 0 Å². The van der Waals surface area contributed by atoms with Crippen LogP contribution in [-0.4, -0.2) is 57.6 Å². The minimum absolute atomic E-state index is 0.102. The van der Waals surface area contributed by atoms with E-state index in [1.807, 2.05) is 6.92 Å². The normalized spacial score (nSPS) is 25.4. The summed E-state index contributed by atoms with van der Waals surface area (Å²) in [6.07, 6.45) is 1.75. The molecule has 2 rings (SSSR count). The van der Waals surface area contributed by atoms with Crippen molar-refractivity contribution in [1.82, 2.24) is 14.9 Å². The highest BCUT2D eigenvalue weighted by Crippen LogP contribution is 2.34. The molecule has 0 aliphatic carbocycles. The highest BCUT2D eigenvalue weighted by molar-refractivity contribution is 5.79. The van der Waals surface area contributed by atoms with Crippen LogP contribution >= 0.6 is 0 Å². The molecule has 1 fully saturated rings. The van der Waals surface area contributed by atoms with Gasteiger partial charge in [-0.15, -0.1) is 0 Å². The van der Waals surface area contributed by atoms with E-state index in [0.717, 1.165) is 4.90 Å². The van der Waals surface area contributed by atoms with Crippen LogP contribution in [0.5, 0.6) is 0 Å². The Labute approximate surface area is 157 Å². The summed E-state index contributed by atoms with van der Waals surface area (Å²) in [5, 5.41) is 19.8. The van der Waals surface area contributed by atoms with Crippen LogP contribution in [0.3, 0.4) is 0 Å². The molecule has 0 radical (unpaired) electrons. The van der Waals surface area contributed by atoms with Gasteiger partial charge >= 0.3 is 5.69 Å². The summed E-state index contributed by atoms with van der Waals surface area (Å²) in [4.78, 5) is 37.6. The van der Waals surface area contributed by atoms with Gasteiger partial charge in [0.15, 0.2) is 0 Å². The average molecular weight is 375 g/mol. The molecule has 0 bridgehead atoms. The Bertz CT molecular complexity index is 840. The number of nitrogens with one attached hydrogen (secondary N) is 1. The summed E-state index contributed by atoms with van der Waals surface area (Å²) in [5.41, 5.74) is 6.21. The Morgan fingerprint density at radius 2 is 2.33 bits per heavy atom. The molecule has 4 N–H and O–H groups in total. The maximum absolute atomic E-state index is 12.2. The largest absolute Gasteiger partial charge is 0.357 e. The second-order valence-corrected chi connectivity index (χ2v) is 6.71. The third-order valence-corrected chi connectivity index (χ3v) is 4.88. The zero-order valence-corrected chi connectivity index (χ0v) is 15.9. The van der Waals surface area contributed by atoms with Crippen LogP contribution in [-0.2, 0) is 4.79 Å². The highest BCUT2D eigenvalue weighted by Gasteiger charge is 2.50. The number of nitriles is 1. The Morgan fingerprint density at radius 3 is 2.93 bits per heavy atom. The van der Waals surface area contributed by atoms with E-state index in [1.165, 1.54) is 0 Å². The number of anilines is 1. The third-order valence-electron chi connectivity index (χ3n) is 4.88. The fraction of sp³-hybridized carbons (Fsp3) is 0.588. The number of likely N-dealkylation sites (N-methyl/N-ethyl adjacent to an activating group) is 1. The molecule has 1 aliphatic heterocycles. The lowest BCUT2D eigenvalue weighted by Crippen LogP contribution is -2.73. The van der Waals surface area contributed by atoms with Gasteiger partial charge in [-0.1, -0.05) is 6.92 Å². The molecule has 1 aliphatic rings. The van der Waals surface area contributed by atoms with Crippen molar-refractivity contribution >= 4 is 23.8 Å². The maximum Gasteiger partial charge on any atom is 0.348 e. The first-order chi connectivity index (χ1) is 12.6. The molecule has 27 heavy (non-hydrogen) atoms. The van der Waals surface area contributed by atoms with Gasteiger partial charge in [0.25, 0.3) is 0 Å². The van der Waals surface area contributed by atoms with E-state index in [2.05, 4.69) is 15.0 Å². The van der Waals surface area contributed by atoms with Gasteiger partial charge in [-0.2, -0.15) is 10.2 Å². The fourth-order valence-corrected chi connectivity index (χ4v) is 3.64. The van der Waals surface area contributed by atoms with Crippen molar-refractivity contribution in [1.29, 1.82) is 5.26 Å². The number of rotatable bonds is 4. The first-order valence-electron chi connectivity index (χ1n) is 8.66. The van der Waals surface area contributed by atoms with Gasteiger partial charge in [0.1, 0.15) is 18.1 Å². The minimum Gasteiger partial charge on any atom is -0.357 e. The molecular weight excluding hydrogens is 350 g/mol. The van der Waals surface area contributed by atoms with E-state index in [-0.39, 0.29) is 18.9 Å². The van der Waals surface area contributed by atoms with E-state index in [0.29, 0.717) is 23.6 Å². The van der Waals surface area contributed by atoms with Crippen LogP contribution in [0.4, 0.5) is 11.6 Å². The SMILES string of the molecule is CC=Nc1[nH]c(=O)nc(N(C)C2C(C)CCN(C(=O)CC#N)C2(N)O)c1C. The molecule has 1 saturated heterocycles. The number of carbonyl (C=O) groups is 1. The fourth-order valence-electron chi connectivity index (χ4n) is 3.64. The van der Waals surface area contributed by atoms with Gasteiger partial charge < -0.3 is 10.0 Å². The van der Waals surface area contributed by atoms with Gasteiger partial charge in [0.05, 0.1) is 12.1 Å². The lowest BCUT2D eigenvalue weighted by molar-refractivity contribution is -0.176. The van der Waals surface area contributed by atoms with Crippen molar-refractivity contribution in [2.75, 3.05) is 18.5 Å². The molecule has 3 atom stereocenters. The number of aromatic nitrogens is 2. The van der Waals surface area contributed by atoms with Crippen LogP contribution in [0.1, 0.15) is 32.3 Å². The molecule has 10 nitrogen and oxygen atoms in total. The molecule has 1 aromatic rings. The number of H-pyrrole nitrogens is 1. The van der Waals surface area contributed by atoms with Crippen molar-refractivity contribution in [2.45, 2.75) is 45.5 Å². The molecule has 10 heteroatoms. The molecule has 0 saturated carbocycles. The lowest BCUT2D eigenvalue weighted by Gasteiger charge is -2.51. The quantitative estimate of drug-likeness (QED) is 0.494. The molecule has 2 heterocycles. The zero-order valence-electron chi connectivity index (χ0n) is 15.9. The van der Waals surface area contributed by atoms with Gasteiger partial charge in [-0.05, 0) is 26.2 Å². The summed E-state index contributed by atoms with van der Waals surface area (Å²) in [7, 11) is 1.66. The number of aromatic amines is 1. The maximum atomic E-state index is 12.2. The predicted molar refractivity (Wildman–Crippen MR) is 100 cm³/mol. The number of aliphatic imine (C=N–C) groups is 1. The molecular formula is C17H25N7O3. The van der Waals surface area contributed by atoms with Crippen LogP contribution < -0.4 is 16.3 Å². The zero-order chi connectivity index (χ0) is 20.4. The van der Waals surface area contributed by atoms with Crippen molar-refractivity contribution in [3.8, 4) is 6.07 Å². The van der Waals surface area contributed by atoms with Crippen LogP contribution in [0.15, 0.2) is 9.79 Å². The molecule has 1 amide bonds. The predicted octanol–water partition coefficient (Wildman–Crippen LogP) is -0.00780. The van der Waals surface area contributed by atoms with Crippen molar-refractivity contribution in [2.24, 2.45) is 16.6 Å². The second kappa shape index (κ2) is 7.85. The number of carbonyl (C=O) groups excluding carboxylic acids is 1. The van der Waals surface area contributed by atoms with Gasteiger partial charge in [0, 0.05) is 25.4 Å². The third kappa shape index (κ3) is 3.84. The molecule has 3 unspecified atom stereocenters. The summed E-state index contributed by atoms with van der Waals surface area (Å²) in [6, 6.07) is 1.05. The van der Waals surface area contributed by atoms with Crippen LogP contribution in [0.25, 0.3) is 0 Å². The van der Waals surface area contributed by atoms with Crippen molar-refractivity contribution in [3.63, 3.8) is 0 Å². The summed E-state index contributed by atoms with van der Waals surface area (Å²) in [5.74, 6) is -1.99. The number of hydrogen-bond acceptors (Lipinski definition) is 8. The smallest absolute Gasteiger partial charge is 0.348 e. The van der Waals surface area contributed by atoms with Gasteiger partial charge in [-0.3, -0.25) is 20.4 Å². The number of piperidine rings is 1. The van der Waals surface area contributed by atoms with E-state index >= 15 is 0 Å². The highest BCUT2D eigenvalue weighted by atomic mass is 16.3. The average Bonchev–Trinajstić information content (AvgIpc) is 2.57. The Balaban J connectivity index is 2.50. The molecule has 0 spiro atoms. The van der Waals surface area contributed by atoms with E-state index < -0.39 is 23.5 Å². The topological polar surface area (TPSA) is 152 Å². The van der Waals surface area contributed by atoms with Crippen molar-refractivity contribution < 1.29 is 9.90 Å². The summed E-state index contributed by atoms with van der Waals surface area (Å²) < 4.78 is 0. The summed E-state index contributed by atoms with van der Waals surface area (Å²) in [6.45, 7) is 5.62. The van der Waals surface area contributed by atoms with Gasteiger partial charge in [0.2, 0.25) is 11.8 Å². The van der Waals surface area contributed by atoms with E-state index in [9.17, 15) is 14.7 Å². The molecule has 1 aromatic heterocycles. The van der Waals surface area contributed by atoms with Crippen LogP contribution in [0, 0.1) is 24.2 Å². The van der Waals surface area contributed by atoms with Gasteiger partial charge in [-0.25, -0.2) is 9.79 Å². The first kappa shape index (κ1) is 20.5. The first-order valence-corrected chi connectivity index (χ1v) is 8.66. The number of nitrogens with two attached hydrogens (primary N) is 1. The monoisotopic (exact) mass is 375 g/mol. The number of hydrogen-bond donors (Lipinski definition) is 3. The van der Waals surface area contributed by atoms with Crippen molar-refractivity contribution in [3.05, 3.63) is 16.0 Å². The summed E-state index contributed by atoms with van der Waals surface area (Å²) >= 11 is 0. The number of amides is 1. The minimum atomic E-state index is -2.02. The Hall–Kier alpha value is -2.77. The molecule has 146 valence electrons. The lowest BCUT2D eigenvalue weighted by atomic mass is 9.87. The number of nitrogens with zero attached hydrogens (tertiary/aromatic N) is 5. The number of likely N-dealkylation sites (tertiary alicyclic amines) is 1. The van der Waals surface area contributed by atoms with E-state index in [1.54, 1.807) is 38.1 Å². The number of aliphatic hydroxyl groups is 1. The Kier molecular flexibility index (Phi) is 5.98. The second-order valence-electron chi connectivity index (χ2n) is 6.71. The Morgan fingerprint density at radius 1 is 1.67 bits per heavy atom.